The van der Waals surface area contributed by atoms with Crippen LogP contribution in [0.3, 0.4) is 0 Å². The van der Waals surface area contributed by atoms with Crippen LogP contribution >= 0.6 is 34.8 Å². The fraction of sp³-hybridized carbons (Fsp3) is 0.417. The van der Waals surface area contributed by atoms with E-state index >= 15 is 0 Å². The van der Waals surface area contributed by atoms with Gasteiger partial charge in [0.1, 0.15) is 12.2 Å². The fourth-order valence-corrected chi connectivity index (χ4v) is 1.99. The highest BCUT2D eigenvalue weighted by atomic mass is 35.5. The highest BCUT2D eigenvalue weighted by Crippen LogP contribution is 2.39. The standard InChI is InChI=1S/C12H13Cl3O4/c1-12(2,17)5-19-10-7(14)4-6(13)9(15)8(10)11(16)18-3/h4,17H,5H2,1-3H3. The number of halogens is 3. The monoisotopic (exact) mass is 326 g/mol. The van der Waals surface area contributed by atoms with Gasteiger partial charge < -0.3 is 14.6 Å². The molecule has 0 atom stereocenters. The van der Waals surface area contributed by atoms with Gasteiger partial charge in [0.2, 0.25) is 0 Å². The zero-order chi connectivity index (χ0) is 14.8. The Hall–Kier alpha value is -0.680. The summed E-state index contributed by atoms with van der Waals surface area (Å²) in [7, 11) is 1.20. The van der Waals surface area contributed by atoms with E-state index in [1.165, 1.54) is 13.2 Å². The van der Waals surface area contributed by atoms with Crippen molar-refractivity contribution in [2.75, 3.05) is 13.7 Å². The molecule has 106 valence electrons. The highest BCUT2D eigenvalue weighted by molar-refractivity contribution is 6.45. The van der Waals surface area contributed by atoms with Crippen molar-refractivity contribution in [1.82, 2.24) is 0 Å². The van der Waals surface area contributed by atoms with E-state index in [9.17, 15) is 9.90 Å². The molecule has 0 aliphatic carbocycles. The summed E-state index contributed by atoms with van der Waals surface area (Å²) in [6.45, 7) is 3.03. The van der Waals surface area contributed by atoms with Crippen LogP contribution in [-0.2, 0) is 4.74 Å². The first kappa shape index (κ1) is 16.4. The van der Waals surface area contributed by atoms with E-state index in [1.54, 1.807) is 13.8 Å². The first-order chi connectivity index (χ1) is 8.67. The van der Waals surface area contributed by atoms with Crippen molar-refractivity contribution >= 4 is 40.8 Å². The van der Waals surface area contributed by atoms with Crippen molar-refractivity contribution in [3.63, 3.8) is 0 Å². The van der Waals surface area contributed by atoms with E-state index in [0.29, 0.717) is 0 Å². The van der Waals surface area contributed by atoms with Crippen LogP contribution in [0.2, 0.25) is 15.1 Å². The van der Waals surface area contributed by atoms with Gasteiger partial charge in [-0.25, -0.2) is 4.79 Å². The zero-order valence-corrected chi connectivity index (χ0v) is 12.9. The van der Waals surface area contributed by atoms with Crippen LogP contribution in [0, 0.1) is 0 Å². The van der Waals surface area contributed by atoms with Gasteiger partial charge in [-0.2, -0.15) is 0 Å². The number of carbonyl (C=O) groups is 1. The molecule has 0 saturated heterocycles. The lowest BCUT2D eigenvalue weighted by Crippen LogP contribution is -2.28. The molecule has 0 saturated carbocycles. The number of rotatable bonds is 4. The number of benzene rings is 1. The summed E-state index contributed by atoms with van der Waals surface area (Å²) in [4.78, 5) is 11.7. The van der Waals surface area contributed by atoms with Crippen molar-refractivity contribution in [3.8, 4) is 5.75 Å². The highest BCUT2D eigenvalue weighted by Gasteiger charge is 2.25. The van der Waals surface area contributed by atoms with Crippen molar-refractivity contribution in [1.29, 1.82) is 0 Å². The van der Waals surface area contributed by atoms with Gasteiger partial charge in [-0.15, -0.1) is 0 Å². The van der Waals surface area contributed by atoms with Gasteiger partial charge in [-0.1, -0.05) is 34.8 Å². The lowest BCUT2D eigenvalue weighted by molar-refractivity contribution is 0.0273. The van der Waals surface area contributed by atoms with E-state index in [4.69, 9.17) is 39.5 Å². The van der Waals surface area contributed by atoms with Gasteiger partial charge in [0.25, 0.3) is 0 Å². The predicted molar refractivity (Wildman–Crippen MR) is 74.6 cm³/mol. The maximum Gasteiger partial charge on any atom is 0.343 e. The summed E-state index contributed by atoms with van der Waals surface area (Å²) in [5, 5.41) is 9.85. The van der Waals surface area contributed by atoms with Gasteiger partial charge in [-0.3, -0.25) is 0 Å². The summed E-state index contributed by atoms with van der Waals surface area (Å²) in [5.74, 6) is -0.690. The Balaban J connectivity index is 3.28. The molecule has 7 heteroatoms. The van der Waals surface area contributed by atoms with Crippen LogP contribution in [0.15, 0.2) is 6.07 Å². The smallest absolute Gasteiger partial charge is 0.343 e. The molecule has 0 fully saturated rings. The normalized spacial score (nSPS) is 11.3. The molecule has 0 radical (unpaired) electrons. The first-order valence-corrected chi connectivity index (χ1v) is 6.41. The SMILES string of the molecule is COC(=O)c1c(Cl)c(Cl)cc(Cl)c1OCC(C)(C)O. The van der Waals surface area contributed by atoms with Crippen LogP contribution in [0.1, 0.15) is 24.2 Å². The van der Waals surface area contributed by atoms with Crippen LogP contribution in [0.25, 0.3) is 0 Å². The molecule has 1 rings (SSSR count). The lowest BCUT2D eigenvalue weighted by Gasteiger charge is -2.20. The summed E-state index contributed by atoms with van der Waals surface area (Å²) < 4.78 is 9.98. The number of hydrogen-bond donors (Lipinski definition) is 1. The first-order valence-electron chi connectivity index (χ1n) is 5.28. The zero-order valence-electron chi connectivity index (χ0n) is 10.6. The summed E-state index contributed by atoms with van der Waals surface area (Å²) in [6.07, 6.45) is 0. The van der Waals surface area contributed by atoms with Gasteiger partial charge in [0.15, 0.2) is 5.75 Å². The van der Waals surface area contributed by atoms with E-state index < -0.39 is 11.6 Å². The maximum absolute atomic E-state index is 11.7. The maximum atomic E-state index is 11.7. The predicted octanol–water partition coefficient (Wildman–Crippen LogP) is 3.58. The second-order valence-electron chi connectivity index (χ2n) is 4.45. The van der Waals surface area contributed by atoms with Crippen LogP contribution in [0.4, 0.5) is 0 Å². The topological polar surface area (TPSA) is 55.8 Å². The molecule has 4 nitrogen and oxygen atoms in total. The van der Waals surface area contributed by atoms with Gasteiger partial charge in [0, 0.05) is 0 Å². The number of ether oxygens (including phenoxy) is 2. The molecule has 0 heterocycles. The molecule has 0 bridgehead atoms. The molecule has 0 unspecified atom stereocenters. The molecule has 19 heavy (non-hydrogen) atoms. The second-order valence-corrected chi connectivity index (χ2v) is 5.64. The Labute approximate surface area is 126 Å². The fourth-order valence-electron chi connectivity index (χ4n) is 1.25. The third-order valence-electron chi connectivity index (χ3n) is 2.09. The third-order valence-corrected chi connectivity index (χ3v) is 3.15. The minimum absolute atomic E-state index is 0.0105. The molecule has 0 aliphatic heterocycles. The summed E-state index contributed by atoms with van der Waals surface area (Å²) >= 11 is 17.8. The molecule has 0 aromatic heterocycles. The number of aliphatic hydroxyl groups is 1. The average molecular weight is 328 g/mol. The lowest BCUT2D eigenvalue weighted by atomic mass is 10.1. The molecule has 0 spiro atoms. The number of esters is 1. The van der Waals surface area contributed by atoms with Crippen LogP contribution in [-0.4, -0.2) is 30.4 Å². The Kier molecular flexibility index (Phi) is 5.33. The Morgan fingerprint density at radius 1 is 1.32 bits per heavy atom. The summed E-state index contributed by atoms with van der Waals surface area (Å²) in [5.41, 5.74) is -1.16. The van der Waals surface area contributed by atoms with E-state index in [2.05, 4.69) is 4.74 Å². The molecular weight excluding hydrogens is 314 g/mol. The third kappa shape index (κ3) is 4.14. The van der Waals surface area contributed by atoms with Crippen LogP contribution in [0.5, 0.6) is 5.75 Å². The van der Waals surface area contributed by atoms with E-state index in [1.807, 2.05) is 0 Å². The Morgan fingerprint density at radius 2 is 1.89 bits per heavy atom. The molecule has 1 aromatic carbocycles. The molecule has 1 N–H and O–H groups in total. The largest absolute Gasteiger partial charge is 0.488 e. The van der Waals surface area contributed by atoms with Crippen molar-refractivity contribution in [2.24, 2.45) is 0 Å². The average Bonchev–Trinajstić information content (AvgIpc) is 2.29. The van der Waals surface area contributed by atoms with Gasteiger partial charge in [0.05, 0.1) is 27.8 Å². The van der Waals surface area contributed by atoms with Crippen molar-refractivity contribution < 1.29 is 19.4 Å². The van der Waals surface area contributed by atoms with E-state index in [-0.39, 0.29) is 33.0 Å². The number of methoxy groups -OCH3 is 1. The molecule has 0 amide bonds. The molecular formula is C12H13Cl3O4. The quantitative estimate of drug-likeness (QED) is 0.678. The minimum Gasteiger partial charge on any atom is -0.488 e. The minimum atomic E-state index is -1.09. The van der Waals surface area contributed by atoms with Gasteiger partial charge in [-0.05, 0) is 19.9 Å². The summed E-state index contributed by atoms with van der Waals surface area (Å²) in [6, 6.07) is 1.36. The Morgan fingerprint density at radius 3 is 2.37 bits per heavy atom. The molecule has 1 aromatic rings. The number of hydrogen-bond acceptors (Lipinski definition) is 4. The van der Waals surface area contributed by atoms with Crippen molar-refractivity contribution in [2.45, 2.75) is 19.4 Å². The van der Waals surface area contributed by atoms with Crippen LogP contribution < -0.4 is 4.74 Å². The molecule has 0 aliphatic rings. The second kappa shape index (κ2) is 6.18. The van der Waals surface area contributed by atoms with Crippen molar-refractivity contribution in [3.05, 3.63) is 26.7 Å². The van der Waals surface area contributed by atoms with Gasteiger partial charge >= 0.3 is 5.97 Å². The Bertz CT molecular complexity index is 495. The number of carbonyl (C=O) groups excluding carboxylic acids is 1. The van der Waals surface area contributed by atoms with E-state index in [0.717, 1.165) is 0 Å².